The molecule has 54 heavy (non-hydrogen) atoms. The Labute approximate surface area is 312 Å². The van der Waals surface area contributed by atoms with Crippen LogP contribution in [-0.2, 0) is 40.8 Å². The Balaban J connectivity index is 1.38. The predicted octanol–water partition coefficient (Wildman–Crippen LogP) is 7.77. The molecule has 4 aromatic heterocycles. The van der Waals surface area contributed by atoms with E-state index in [9.17, 15) is 30.8 Å². The fourth-order valence-electron chi connectivity index (χ4n) is 7.11. The lowest BCUT2D eigenvalue weighted by molar-refractivity contribution is -0.122. The van der Waals surface area contributed by atoms with E-state index in [4.69, 9.17) is 16.6 Å². The summed E-state index contributed by atoms with van der Waals surface area (Å²) in [6.45, 7) is 0.707. The van der Waals surface area contributed by atoms with Crippen LogP contribution in [0, 0.1) is 11.6 Å². The molecular weight excluding hydrogens is 782 g/mol. The largest absolute Gasteiger partial charge is 0.346 e. The van der Waals surface area contributed by atoms with Crippen LogP contribution in [0.1, 0.15) is 66.4 Å². The van der Waals surface area contributed by atoms with Gasteiger partial charge < -0.3 is 5.32 Å². The Morgan fingerprint density at radius 2 is 1.81 bits per heavy atom. The molecule has 2 N–H and O–H groups in total. The zero-order valence-electron chi connectivity index (χ0n) is 28.5. The number of amides is 1. The number of alkyl halides is 4. The molecule has 0 spiro atoms. The van der Waals surface area contributed by atoms with E-state index in [0.717, 1.165) is 18.4 Å². The van der Waals surface area contributed by atoms with Crippen LogP contribution < -0.4 is 10.0 Å². The van der Waals surface area contributed by atoms with E-state index in [1.165, 1.54) is 27.6 Å². The van der Waals surface area contributed by atoms with Crippen LogP contribution >= 0.6 is 22.9 Å². The average molecular weight is 811 g/mol. The molecule has 2 aromatic carbocycles. The summed E-state index contributed by atoms with van der Waals surface area (Å²) in [4.78, 5) is 22.9. The highest BCUT2D eigenvalue weighted by atomic mass is 35.5. The number of nitrogens with zero attached hydrogens (tertiary/aromatic N) is 6. The maximum atomic E-state index is 15.3. The minimum absolute atomic E-state index is 0.0626. The van der Waals surface area contributed by atoms with Gasteiger partial charge >= 0.3 is 0 Å². The molecule has 11 nitrogen and oxygen atoms in total. The summed E-state index contributed by atoms with van der Waals surface area (Å²) in [6, 6.07) is 6.36. The maximum Gasteiger partial charge on any atom is 0.290 e. The van der Waals surface area contributed by atoms with Gasteiger partial charge in [0.15, 0.2) is 11.5 Å². The van der Waals surface area contributed by atoms with Crippen molar-refractivity contribution in [3.05, 3.63) is 86.8 Å². The van der Waals surface area contributed by atoms with Crippen LogP contribution in [-0.4, -0.2) is 50.1 Å². The first-order valence-corrected chi connectivity index (χ1v) is 19.5. The van der Waals surface area contributed by atoms with Crippen molar-refractivity contribution in [2.24, 2.45) is 7.05 Å². The maximum absolute atomic E-state index is 15.3. The molecule has 1 unspecified atom stereocenters. The number of carbonyl (C=O) groups excluding carboxylic acids is 1. The number of benzene rings is 2. The number of carbonyl (C=O) groups is 1. The number of sulfonamides is 1. The van der Waals surface area contributed by atoms with Crippen molar-refractivity contribution in [3.8, 4) is 11.1 Å². The lowest BCUT2D eigenvalue weighted by atomic mass is 9.94. The van der Waals surface area contributed by atoms with Crippen LogP contribution in [0.4, 0.5) is 32.2 Å². The van der Waals surface area contributed by atoms with Gasteiger partial charge in [0.1, 0.15) is 29.6 Å². The summed E-state index contributed by atoms with van der Waals surface area (Å²) in [6.07, 6.45) is -3.07. The number of pyridine rings is 1. The van der Waals surface area contributed by atoms with Crippen molar-refractivity contribution in [2.45, 2.75) is 57.0 Å². The predicted molar refractivity (Wildman–Crippen MR) is 190 cm³/mol. The highest BCUT2D eigenvalue weighted by Gasteiger charge is 2.50. The monoisotopic (exact) mass is 810 g/mol. The average Bonchev–Trinajstić information content (AvgIpc) is 3.82. The second-order valence-electron chi connectivity index (χ2n) is 13.0. The molecule has 7 rings (SSSR count). The molecule has 284 valence electrons. The van der Waals surface area contributed by atoms with Gasteiger partial charge in [-0.15, -0.1) is 11.3 Å². The van der Waals surface area contributed by atoms with Crippen molar-refractivity contribution < 1.29 is 39.6 Å². The van der Waals surface area contributed by atoms with Gasteiger partial charge in [0.2, 0.25) is 15.9 Å². The Bertz CT molecular complexity index is 2560. The summed E-state index contributed by atoms with van der Waals surface area (Å²) in [5.74, 6) is -7.23. The number of hydrogen-bond donors (Lipinski definition) is 2. The third-order valence-corrected chi connectivity index (χ3v) is 10.8. The molecule has 2 atom stereocenters. The van der Waals surface area contributed by atoms with Gasteiger partial charge in [-0.25, -0.2) is 35.9 Å². The molecule has 1 aliphatic rings. The van der Waals surface area contributed by atoms with Crippen LogP contribution in [0.25, 0.3) is 32.4 Å². The Morgan fingerprint density at radius 1 is 1.09 bits per heavy atom. The van der Waals surface area contributed by atoms with Crippen molar-refractivity contribution in [1.82, 2.24) is 34.8 Å². The number of fused-ring (bicyclic) bond motifs is 3. The zero-order chi connectivity index (χ0) is 38.9. The van der Waals surface area contributed by atoms with E-state index in [-0.39, 0.29) is 51.5 Å². The van der Waals surface area contributed by atoms with Gasteiger partial charge in [-0.05, 0) is 48.6 Å². The topological polar surface area (TPSA) is 137 Å². The second kappa shape index (κ2) is 13.8. The van der Waals surface area contributed by atoms with E-state index in [1.54, 1.807) is 26.1 Å². The Kier molecular flexibility index (Phi) is 9.62. The van der Waals surface area contributed by atoms with Gasteiger partial charge in [-0.1, -0.05) is 24.6 Å². The summed E-state index contributed by atoms with van der Waals surface area (Å²) in [5, 5.41) is 11.2. The minimum Gasteiger partial charge on any atom is -0.346 e. The van der Waals surface area contributed by atoms with Crippen molar-refractivity contribution >= 4 is 65.9 Å². The fourth-order valence-corrected chi connectivity index (χ4v) is 8.50. The molecule has 0 saturated carbocycles. The normalized spacial score (nSPS) is 16.0. The van der Waals surface area contributed by atoms with Crippen molar-refractivity contribution in [3.63, 3.8) is 0 Å². The summed E-state index contributed by atoms with van der Waals surface area (Å²) in [7, 11) is -2.25. The van der Waals surface area contributed by atoms with Crippen LogP contribution in [0.15, 0.2) is 41.9 Å². The molecule has 0 saturated heterocycles. The fraction of sp³-hybridized carbons (Fsp3) is 0.324. The number of nitrogens with one attached hydrogen (secondary N) is 2. The SMILES string of the molecule is CC[C@H]1CC(F)(F)c2c1c(C(F)F)nn2CC(=O)NC(Cc1cc(F)cc(F)c1)c1nc2ncsc2cc1-c1ccc(Cl)c2c(NS(C)(=O)=O)nn(C)c12. The second-order valence-corrected chi connectivity index (χ2v) is 16.0. The highest BCUT2D eigenvalue weighted by Crippen LogP contribution is 2.52. The van der Waals surface area contributed by atoms with E-state index in [1.807, 2.05) is 0 Å². The smallest absolute Gasteiger partial charge is 0.290 e. The molecule has 0 fully saturated rings. The third kappa shape index (κ3) is 6.99. The summed E-state index contributed by atoms with van der Waals surface area (Å²) >= 11 is 7.82. The molecule has 6 aromatic rings. The van der Waals surface area contributed by atoms with Crippen LogP contribution in [0.5, 0.6) is 0 Å². The zero-order valence-corrected chi connectivity index (χ0v) is 30.9. The van der Waals surface area contributed by atoms with E-state index in [0.29, 0.717) is 32.1 Å². The first kappa shape index (κ1) is 37.6. The van der Waals surface area contributed by atoms with E-state index in [2.05, 4.69) is 25.2 Å². The number of aryl methyl sites for hydroxylation is 1. The molecule has 1 amide bonds. The first-order valence-electron chi connectivity index (χ1n) is 16.3. The molecule has 0 aliphatic heterocycles. The quantitative estimate of drug-likeness (QED) is 0.128. The van der Waals surface area contributed by atoms with E-state index >= 15 is 8.78 Å². The van der Waals surface area contributed by atoms with Crippen LogP contribution in [0.3, 0.4) is 0 Å². The number of halogens is 7. The molecular formula is C34H29ClF6N8O3S2. The number of thiazole rings is 1. The molecule has 1 aliphatic carbocycles. The molecule has 20 heteroatoms. The number of aromatic nitrogens is 6. The van der Waals surface area contributed by atoms with Gasteiger partial charge in [0, 0.05) is 36.2 Å². The first-order chi connectivity index (χ1) is 25.4. The summed E-state index contributed by atoms with van der Waals surface area (Å²) in [5.41, 5.74) is 1.22. The van der Waals surface area contributed by atoms with Crippen molar-refractivity contribution in [1.29, 1.82) is 0 Å². The standard InChI is InChI=1S/C34H29ClF6N8O3S2/c1-4-16-12-34(40,41)30-25(16)28(31(38)39)45-49(30)13-24(50)43-22(9-15-7-17(36)10-18(37)8-15)27-20(11-23-32(44-27)42-14-53-23)19-5-6-21(35)26-29(19)48(2)46-33(26)47-54(3,51)52/h5-8,10-11,14,16,22,31H,4,9,12-13H2,1-3H3,(H,43,50)(H,46,47)/t16-,22?/m0/s1. The lowest BCUT2D eigenvalue weighted by Crippen LogP contribution is -2.35. The summed E-state index contributed by atoms with van der Waals surface area (Å²) < 4.78 is 117. The van der Waals surface area contributed by atoms with Crippen molar-refractivity contribution in [2.75, 3.05) is 11.0 Å². The Hall–Kier alpha value is -4.75. The third-order valence-electron chi connectivity index (χ3n) is 9.16. The van der Waals surface area contributed by atoms with Crippen LogP contribution in [0.2, 0.25) is 5.02 Å². The molecule has 0 radical (unpaired) electrons. The van der Waals surface area contributed by atoms with E-state index < -0.39 is 76.2 Å². The Morgan fingerprint density at radius 3 is 2.48 bits per heavy atom. The lowest BCUT2D eigenvalue weighted by Gasteiger charge is -2.23. The van der Waals surface area contributed by atoms with Gasteiger partial charge in [-0.2, -0.15) is 19.0 Å². The van der Waals surface area contributed by atoms with Gasteiger partial charge in [0.05, 0.1) is 44.1 Å². The molecule has 0 bridgehead atoms. The minimum atomic E-state index is -3.80. The number of hydrogen-bond acceptors (Lipinski definition) is 8. The number of rotatable bonds is 11. The van der Waals surface area contributed by atoms with Gasteiger partial charge in [0.25, 0.3) is 12.3 Å². The highest BCUT2D eigenvalue weighted by molar-refractivity contribution is 7.92. The molecule has 4 heterocycles. The number of anilines is 1. The van der Waals surface area contributed by atoms with Gasteiger partial charge in [-0.3, -0.25) is 18.9 Å².